The Morgan fingerprint density at radius 3 is 2.32 bits per heavy atom. The molecule has 0 aromatic heterocycles. The van der Waals surface area contributed by atoms with Crippen LogP contribution in [0.2, 0.25) is 0 Å². The van der Waals surface area contributed by atoms with Gasteiger partial charge in [-0.2, -0.15) is 0 Å². The number of hydrogen-bond donors (Lipinski definition) is 4. The Bertz CT molecular complexity index is 1140. The van der Waals surface area contributed by atoms with E-state index in [0.717, 1.165) is 18.4 Å². The first-order chi connectivity index (χ1) is 17.7. The molecule has 38 heavy (non-hydrogen) atoms. The summed E-state index contributed by atoms with van der Waals surface area (Å²) < 4.78 is 5.30. The van der Waals surface area contributed by atoms with Crippen molar-refractivity contribution in [3.8, 4) is 0 Å². The Hall–Kier alpha value is -3.43. The quantitative estimate of drug-likeness (QED) is 0.435. The van der Waals surface area contributed by atoms with Crippen LogP contribution in [0, 0.1) is 0 Å². The highest BCUT2D eigenvalue weighted by molar-refractivity contribution is 5.98. The van der Waals surface area contributed by atoms with E-state index in [1.165, 1.54) is 19.4 Å². The van der Waals surface area contributed by atoms with Crippen LogP contribution in [0.1, 0.15) is 74.9 Å². The van der Waals surface area contributed by atoms with E-state index >= 15 is 0 Å². The summed E-state index contributed by atoms with van der Waals surface area (Å²) in [5.74, 6) is -0.571. The molecule has 4 N–H and O–H groups in total. The van der Waals surface area contributed by atoms with Crippen molar-refractivity contribution in [3.63, 3.8) is 0 Å². The normalized spacial score (nSPS) is 15.5. The first-order valence-corrected chi connectivity index (χ1v) is 12.9. The molecule has 0 bridgehead atoms. The standard InChI is InChI=1S/C29H39N3O6/c1-28(2,3)38-27(36)30-18-19-8-6-9-21(16-19)20-12-14-32(15-13-20)26(35)22-10-7-11-23(17-22)31-25(34)24(33)29(4,5)37/h6-11,16-17,20,24,33,37H,12-15,18H2,1-5H3,(H,30,36)(H,31,34). The molecular formula is C29H39N3O6. The van der Waals surface area contributed by atoms with Gasteiger partial charge in [-0.1, -0.05) is 30.3 Å². The minimum absolute atomic E-state index is 0.127. The maximum atomic E-state index is 13.1. The Labute approximate surface area is 224 Å². The molecule has 0 spiro atoms. The van der Waals surface area contributed by atoms with E-state index in [4.69, 9.17) is 4.74 Å². The summed E-state index contributed by atoms with van der Waals surface area (Å²) in [7, 11) is 0. The monoisotopic (exact) mass is 525 g/mol. The van der Waals surface area contributed by atoms with Gasteiger partial charge in [0.1, 0.15) is 5.60 Å². The highest BCUT2D eigenvalue weighted by Crippen LogP contribution is 2.29. The second kappa shape index (κ2) is 12.0. The molecule has 2 aromatic rings. The number of ether oxygens (including phenoxy) is 1. The number of nitrogens with one attached hydrogen (secondary N) is 2. The molecule has 1 fully saturated rings. The van der Waals surface area contributed by atoms with Gasteiger partial charge in [-0.3, -0.25) is 9.59 Å². The highest BCUT2D eigenvalue weighted by Gasteiger charge is 2.31. The summed E-state index contributed by atoms with van der Waals surface area (Å²) in [4.78, 5) is 39.1. The van der Waals surface area contributed by atoms with Crippen LogP contribution >= 0.6 is 0 Å². The van der Waals surface area contributed by atoms with Gasteiger partial charge in [-0.05, 0) is 82.7 Å². The fourth-order valence-electron chi connectivity index (χ4n) is 4.31. The number of carbonyl (C=O) groups excluding carboxylic acids is 3. The molecule has 1 heterocycles. The summed E-state index contributed by atoms with van der Waals surface area (Å²) in [5, 5.41) is 25.2. The van der Waals surface area contributed by atoms with Crippen molar-refractivity contribution in [2.24, 2.45) is 0 Å². The van der Waals surface area contributed by atoms with Gasteiger partial charge < -0.3 is 30.5 Å². The number of alkyl carbamates (subject to hydrolysis) is 1. The minimum Gasteiger partial charge on any atom is -0.444 e. The number of rotatable bonds is 7. The molecule has 2 aromatic carbocycles. The topological polar surface area (TPSA) is 128 Å². The van der Waals surface area contributed by atoms with E-state index in [9.17, 15) is 24.6 Å². The maximum absolute atomic E-state index is 13.1. The van der Waals surface area contributed by atoms with Crippen LogP contribution in [-0.4, -0.2) is 63.4 Å². The summed E-state index contributed by atoms with van der Waals surface area (Å²) in [5.41, 5.74) is 0.837. The van der Waals surface area contributed by atoms with Gasteiger partial charge in [-0.15, -0.1) is 0 Å². The van der Waals surface area contributed by atoms with Gasteiger partial charge in [0.05, 0.1) is 5.60 Å². The largest absolute Gasteiger partial charge is 0.444 e. The van der Waals surface area contributed by atoms with Crippen LogP contribution < -0.4 is 10.6 Å². The fraction of sp³-hybridized carbons (Fsp3) is 0.483. The zero-order valence-electron chi connectivity index (χ0n) is 22.8. The number of aliphatic hydroxyl groups is 2. The molecule has 0 saturated carbocycles. The third-order valence-electron chi connectivity index (χ3n) is 6.33. The summed E-state index contributed by atoms with van der Waals surface area (Å²) in [6.45, 7) is 9.73. The van der Waals surface area contributed by atoms with Crippen molar-refractivity contribution in [1.29, 1.82) is 0 Å². The molecule has 3 amide bonds. The first-order valence-electron chi connectivity index (χ1n) is 12.9. The summed E-state index contributed by atoms with van der Waals surface area (Å²) >= 11 is 0. The van der Waals surface area contributed by atoms with Crippen molar-refractivity contribution in [2.75, 3.05) is 18.4 Å². The van der Waals surface area contributed by atoms with Gasteiger partial charge >= 0.3 is 6.09 Å². The van der Waals surface area contributed by atoms with Crippen molar-refractivity contribution in [2.45, 2.75) is 77.2 Å². The number of amides is 3. The third kappa shape index (κ3) is 8.29. The van der Waals surface area contributed by atoms with Crippen LogP contribution in [0.3, 0.4) is 0 Å². The Morgan fingerprint density at radius 1 is 1.03 bits per heavy atom. The number of piperidine rings is 1. The molecule has 206 valence electrons. The Balaban J connectivity index is 1.56. The fourth-order valence-corrected chi connectivity index (χ4v) is 4.31. The van der Waals surface area contributed by atoms with Crippen molar-refractivity contribution < 1.29 is 29.3 Å². The SMILES string of the molecule is CC(C)(C)OC(=O)NCc1cccc(C2CCN(C(=O)c3cccc(NC(=O)C(O)C(C)(C)O)c3)CC2)c1. The smallest absolute Gasteiger partial charge is 0.407 e. The molecular weight excluding hydrogens is 486 g/mol. The Kier molecular flexibility index (Phi) is 9.17. The molecule has 1 atom stereocenters. The zero-order chi connectivity index (χ0) is 28.1. The molecule has 9 heteroatoms. The molecule has 9 nitrogen and oxygen atoms in total. The number of nitrogens with zero attached hydrogens (tertiary/aromatic N) is 1. The van der Waals surface area contributed by atoms with Gasteiger partial charge in [0.2, 0.25) is 0 Å². The molecule has 1 unspecified atom stereocenters. The lowest BCUT2D eigenvalue weighted by Gasteiger charge is -2.32. The van der Waals surface area contributed by atoms with Crippen LogP contribution in [0.4, 0.5) is 10.5 Å². The van der Waals surface area contributed by atoms with E-state index < -0.39 is 29.3 Å². The van der Waals surface area contributed by atoms with Gasteiger partial charge in [0.25, 0.3) is 11.8 Å². The average molecular weight is 526 g/mol. The molecule has 0 aliphatic carbocycles. The predicted molar refractivity (Wildman–Crippen MR) is 145 cm³/mol. The second-order valence-electron chi connectivity index (χ2n) is 11.3. The molecule has 3 rings (SSSR count). The highest BCUT2D eigenvalue weighted by atomic mass is 16.6. The summed E-state index contributed by atoms with van der Waals surface area (Å²) in [6, 6.07) is 14.7. The van der Waals surface area contributed by atoms with E-state index in [2.05, 4.69) is 22.8 Å². The number of aliphatic hydroxyl groups excluding tert-OH is 1. The predicted octanol–water partition coefficient (Wildman–Crippen LogP) is 3.80. The number of anilines is 1. The van der Waals surface area contributed by atoms with Crippen LogP contribution in [0.25, 0.3) is 0 Å². The maximum Gasteiger partial charge on any atom is 0.407 e. The van der Waals surface area contributed by atoms with Crippen LogP contribution in [-0.2, 0) is 16.1 Å². The number of carbonyl (C=O) groups is 3. The van der Waals surface area contributed by atoms with Crippen molar-refractivity contribution >= 4 is 23.6 Å². The minimum atomic E-state index is -1.60. The van der Waals surface area contributed by atoms with Gasteiger partial charge in [-0.25, -0.2) is 4.79 Å². The van der Waals surface area contributed by atoms with Gasteiger partial charge in [0.15, 0.2) is 6.10 Å². The number of hydrogen-bond acceptors (Lipinski definition) is 6. The van der Waals surface area contributed by atoms with Crippen molar-refractivity contribution in [3.05, 3.63) is 65.2 Å². The van der Waals surface area contributed by atoms with E-state index in [1.807, 2.05) is 32.9 Å². The first kappa shape index (κ1) is 29.1. The van der Waals surface area contributed by atoms with Crippen LogP contribution in [0.5, 0.6) is 0 Å². The lowest BCUT2D eigenvalue weighted by atomic mass is 9.88. The zero-order valence-corrected chi connectivity index (χ0v) is 22.8. The molecule has 0 radical (unpaired) electrons. The van der Waals surface area contributed by atoms with Crippen LogP contribution in [0.15, 0.2) is 48.5 Å². The van der Waals surface area contributed by atoms with E-state index in [-0.39, 0.29) is 5.91 Å². The second-order valence-corrected chi connectivity index (χ2v) is 11.3. The summed E-state index contributed by atoms with van der Waals surface area (Å²) in [6.07, 6.45) is -0.439. The Morgan fingerprint density at radius 2 is 1.68 bits per heavy atom. The third-order valence-corrected chi connectivity index (χ3v) is 6.33. The van der Waals surface area contributed by atoms with E-state index in [0.29, 0.717) is 36.8 Å². The van der Waals surface area contributed by atoms with Crippen molar-refractivity contribution in [1.82, 2.24) is 10.2 Å². The number of benzene rings is 2. The lowest BCUT2D eigenvalue weighted by molar-refractivity contribution is -0.136. The molecule has 1 aliphatic rings. The van der Waals surface area contributed by atoms with Gasteiger partial charge in [0, 0.05) is 30.9 Å². The molecule has 1 saturated heterocycles. The lowest BCUT2D eigenvalue weighted by Crippen LogP contribution is -2.44. The molecule has 1 aliphatic heterocycles. The number of likely N-dealkylation sites (tertiary alicyclic amines) is 1. The van der Waals surface area contributed by atoms with E-state index in [1.54, 1.807) is 29.2 Å². The average Bonchev–Trinajstić information content (AvgIpc) is 2.85.